The molecule has 0 aliphatic rings. The van der Waals surface area contributed by atoms with Crippen molar-refractivity contribution in [2.24, 2.45) is 11.1 Å². The van der Waals surface area contributed by atoms with Gasteiger partial charge in [-0.15, -0.1) is 0 Å². The molecule has 0 bridgehead atoms. The molecule has 3 N–H and O–H groups in total. The van der Waals surface area contributed by atoms with E-state index in [9.17, 15) is 9.18 Å². The average Bonchev–Trinajstić information content (AvgIpc) is 2.29. The van der Waals surface area contributed by atoms with Crippen LogP contribution in [0.5, 0.6) is 0 Å². The third kappa shape index (κ3) is 3.78. The molecule has 0 heterocycles. The number of hydrogen-bond acceptors (Lipinski definition) is 2. The van der Waals surface area contributed by atoms with Gasteiger partial charge in [0.1, 0.15) is 5.82 Å². The van der Waals surface area contributed by atoms with Crippen LogP contribution in [-0.4, -0.2) is 12.5 Å². The monoisotopic (exact) mass is 316 g/mol. The predicted molar refractivity (Wildman–Crippen MR) is 73.5 cm³/mol. The maximum absolute atomic E-state index is 13.6. The zero-order valence-electron chi connectivity index (χ0n) is 10.8. The Kier molecular flexibility index (Phi) is 4.87. The van der Waals surface area contributed by atoms with E-state index < -0.39 is 5.41 Å². The van der Waals surface area contributed by atoms with Crippen LogP contribution in [0.4, 0.5) is 4.39 Å². The van der Waals surface area contributed by atoms with Crippen LogP contribution >= 0.6 is 15.9 Å². The van der Waals surface area contributed by atoms with Crippen molar-refractivity contribution in [1.82, 2.24) is 5.32 Å². The normalized spacial score (nSPS) is 13.4. The van der Waals surface area contributed by atoms with Crippen molar-refractivity contribution in [3.63, 3.8) is 0 Å². The van der Waals surface area contributed by atoms with Gasteiger partial charge in [0.15, 0.2) is 0 Å². The van der Waals surface area contributed by atoms with Gasteiger partial charge in [-0.1, -0.05) is 15.9 Å². The van der Waals surface area contributed by atoms with E-state index in [2.05, 4.69) is 21.2 Å². The lowest BCUT2D eigenvalue weighted by molar-refractivity contribution is -0.125. The first-order chi connectivity index (χ1) is 8.24. The van der Waals surface area contributed by atoms with Crippen LogP contribution in [0.1, 0.15) is 32.4 Å². The largest absolute Gasteiger partial charge is 0.369 e. The first-order valence-electron chi connectivity index (χ1n) is 5.72. The van der Waals surface area contributed by atoms with E-state index in [0.29, 0.717) is 12.1 Å². The summed E-state index contributed by atoms with van der Waals surface area (Å²) in [5.41, 5.74) is 5.19. The minimum Gasteiger partial charge on any atom is -0.369 e. The Morgan fingerprint density at radius 2 is 2.17 bits per heavy atom. The van der Waals surface area contributed by atoms with Crippen LogP contribution < -0.4 is 11.1 Å². The first kappa shape index (κ1) is 15.1. The third-order valence-corrected chi connectivity index (χ3v) is 3.44. The number of halogens is 2. The van der Waals surface area contributed by atoms with Gasteiger partial charge < -0.3 is 11.1 Å². The van der Waals surface area contributed by atoms with Crippen LogP contribution in [-0.2, 0) is 4.79 Å². The number of primary amides is 1. The molecular formula is C13H18BrFN2O. The lowest BCUT2D eigenvalue weighted by Gasteiger charge is -2.24. The lowest BCUT2D eigenvalue weighted by atomic mass is 9.92. The molecule has 0 aromatic heterocycles. The van der Waals surface area contributed by atoms with Gasteiger partial charge in [0.2, 0.25) is 5.91 Å². The van der Waals surface area contributed by atoms with E-state index in [-0.39, 0.29) is 17.8 Å². The Hall–Kier alpha value is -0.940. The van der Waals surface area contributed by atoms with E-state index >= 15 is 0 Å². The standard InChI is InChI=1S/C13H18BrFN2O/c1-8(17-7-13(2,3)12(16)18)10-6-9(14)4-5-11(10)15/h4-6,8,17H,7H2,1-3H3,(H2,16,18)/t8-/m1/s1. The van der Waals surface area contributed by atoms with E-state index in [1.807, 2.05) is 6.92 Å². The highest BCUT2D eigenvalue weighted by Crippen LogP contribution is 2.22. The molecule has 0 fully saturated rings. The second kappa shape index (κ2) is 5.80. The van der Waals surface area contributed by atoms with E-state index in [0.717, 1.165) is 4.47 Å². The summed E-state index contributed by atoms with van der Waals surface area (Å²) < 4.78 is 14.5. The van der Waals surface area contributed by atoms with Crippen molar-refractivity contribution in [1.29, 1.82) is 0 Å². The van der Waals surface area contributed by atoms with Gasteiger partial charge in [-0.3, -0.25) is 4.79 Å². The molecule has 0 unspecified atom stereocenters. The summed E-state index contributed by atoms with van der Waals surface area (Å²) in [5.74, 6) is -0.646. The predicted octanol–water partition coefficient (Wildman–Crippen LogP) is 2.75. The van der Waals surface area contributed by atoms with Crippen LogP contribution in [0.25, 0.3) is 0 Å². The maximum Gasteiger partial charge on any atom is 0.224 e. The van der Waals surface area contributed by atoms with E-state index in [1.165, 1.54) is 6.07 Å². The number of carbonyl (C=O) groups is 1. The Bertz CT molecular complexity index is 449. The molecule has 0 aliphatic heterocycles. The van der Waals surface area contributed by atoms with Gasteiger partial charge in [-0.2, -0.15) is 0 Å². The van der Waals surface area contributed by atoms with Crippen molar-refractivity contribution in [2.45, 2.75) is 26.8 Å². The molecule has 0 saturated carbocycles. The number of hydrogen-bond donors (Lipinski definition) is 2. The molecule has 0 saturated heterocycles. The van der Waals surface area contributed by atoms with Gasteiger partial charge in [0, 0.05) is 22.6 Å². The zero-order valence-corrected chi connectivity index (χ0v) is 12.3. The third-order valence-electron chi connectivity index (χ3n) is 2.94. The Balaban J connectivity index is 2.74. The number of rotatable bonds is 5. The van der Waals surface area contributed by atoms with Crippen molar-refractivity contribution >= 4 is 21.8 Å². The molecule has 0 spiro atoms. The van der Waals surface area contributed by atoms with E-state index in [1.54, 1.807) is 26.0 Å². The van der Waals surface area contributed by atoms with Crippen LogP contribution in [0.15, 0.2) is 22.7 Å². The molecule has 1 aromatic rings. The molecule has 1 amide bonds. The van der Waals surface area contributed by atoms with Gasteiger partial charge >= 0.3 is 0 Å². The average molecular weight is 317 g/mol. The molecule has 3 nitrogen and oxygen atoms in total. The zero-order chi connectivity index (χ0) is 13.9. The fourth-order valence-electron chi connectivity index (χ4n) is 1.45. The summed E-state index contributed by atoms with van der Waals surface area (Å²) >= 11 is 3.31. The number of carbonyl (C=O) groups excluding carboxylic acids is 1. The molecule has 1 aromatic carbocycles. The summed E-state index contributed by atoms with van der Waals surface area (Å²) in [6, 6.07) is 4.60. The second-order valence-electron chi connectivity index (χ2n) is 5.02. The highest BCUT2D eigenvalue weighted by atomic mass is 79.9. The van der Waals surface area contributed by atoms with Crippen molar-refractivity contribution in [3.8, 4) is 0 Å². The molecule has 0 radical (unpaired) electrons. The van der Waals surface area contributed by atoms with Crippen molar-refractivity contribution < 1.29 is 9.18 Å². The minimum absolute atomic E-state index is 0.193. The fourth-order valence-corrected chi connectivity index (χ4v) is 1.83. The summed E-state index contributed by atoms with van der Waals surface area (Å²) in [7, 11) is 0. The number of amides is 1. The molecule has 5 heteroatoms. The SMILES string of the molecule is C[C@@H](NCC(C)(C)C(N)=O)c1cc(Br)ccc1F. The summed E-state index contributed by atoms with van der Waals surface area (Å²) in [6.45, 7) is 5.76. The van der Waals surface area contributed by atoms with E-state index in [4.69, 9.17) is 5.73 Å². The first-order valence-corrected chi connectivity index (χ1v) is 6.51. The van der Waals surface area contributed by atoms with Crippen molar-refractivity contribution in [2.75, 3.05) is 6.54 Å². The van der Waals surface area contributed by atoms with Crippen LogP contribution in [0, 0.1) is 11.2 Å². The quantitative estimate of drug-likeness (QED) is 0.877. The molecule has 1 rings (SSSR count). The maximum atomic E-state index is 13.6. The minimum atomic E-state index is -0.656. The molecule has 0 aliphatic carbocycles. The number of benzene rings is 1. The highest BCUT2D eigenvalue weighted by molar-refractivity contribution is 9.10. The topological polar surface area (TPSA) is 55.1 Å². The van der Waals surface area contributed by atoms with Gasteiger partial charge in [-0.25, -0.2) is 4.39 Å². The van der Waals surface area contributed by atoms with Gasteiger partial charge in [0.05, 0.1) is 5.41 Å². The lowest BCUT2D eigenvalue weighted by Crippen LogP contribution is -2.41. The summed E-state index contributed by atoms with van der Waals surface area (Å²) in [4.78, 5) is 11.2. The summed E-state index contributed by atoms with van der Waals surface area (Å²) in [6.07, 6.45) is 0. The molecule has 18 heavy (non-hydrogen) atoms. The molecular weight excluding hydrogens is 299 g/mol. The fraction of sp³-hybridized carbons (Fsp3) is 0.462. The number of nitrogens with two attached hydrogens (primary N) is 1. The van der Waals surface area contributed by atoms with Gasteiger partial charge in [0.25, 0.3) is 0 Å². The van der Waals surface area contributed by atoms with Crippen LogP contribution in [0.2, 0.25) is 0 Å². The van der Waals surface area contributed by atoms with Gasteiger partial charge in [-0.05, 0) is 39.0 Å². The molecule has 1 atom stereocenters. The van der Waals surface area contributed by atoms with Crippen molar-refractivity contribution in [3.05, 3.63) is 34.1 Å². The smallest absolute Gasteiger partial charge is 0.224 e. The number of nitrogens with one attached hydrogen (secondary N) is 1. The highest BCUT2D eigenvalue weighted by Gasteiger charge is 2.25. The Labute approximate surface area is 115 Å². The summed E-state index contributed by atoms with van der Waals surface area (Å²) in [5, 5.41) is 3.13. The second-order valence-corrected chi connectivity index (χ2v) is 5.93. The Morgan fingerprint density at radius 3 is 2.72 bits per heavy atom. The Morgan fingerprint density at radius 1 is 1.56 bits per heavy atom. The molecule has 100 valence electrons. The van der Waals surface area contributed by atoms with Crippen LogP contribution in [0.3, 0.4) is 0 Å².